The quantitative estimate of drug-likeness (QED) is 0.511. The van der Waals surface area contributed by atoms with Gasteiger partial charge < -0.3 is 10.2 Å². The average molecular weight is 391 g/mol. The van der Waals surface area contributed by atoms with Gasteiger partial charge in [-0.05, 0) is 57.1 Å². The maximum Gasteiger partial charge on any atom is 0.110 e. The predicted octanol–water partition coefficient (Wildman–Crippen LogP) is 4.88. The highest BCUT2D eigenvalue weighted by molar-refractivity contribution is 7.26. The molecule has 4 nitrogen and oxygen atoms in total. The van der Waals surface area contributed by atoms with E-state index in [1.165, 1.54) is 51.8 Å². The summed E-state index contributed by atoms with van der Waals surface area (Å²) in [7, 11) is 2.22. The molecule has 1 aliphatic heterocycles. The van der Waals surface area contributed by atoms with Crippen LogP contribution in [0.2, 0.25) is 0 Å². The molecule has 0 saturated carbocycles. The molecule has 3 heterocycles. The normalized spacial score (nSPS) is 16.3. The average Bonchev–Trinajstić information content (AvgIpc) is 3.29. The van der Waals surface area contributed by atoms with Crippen molar-refractivity contribution in [3.8, 4) is 11.3 Å². The largest absolute Gasteiger partial charge is 0.312 e. The summed E-state index contributed by atoms with van der Waals surface area (Å²) in [6.07, 6.45) is 2.62. The van der Waals surface area contributed by atoms with Crippen LogP contribution in [0, 0.1) is 5.92 Å². The van der Waals surface area contributed by atoms with Crippen molar-refractivity contribution in [2.45, 2.75) is 19.4 Å². The van der Waals surface area contributed by atoms with Crippen LogP contribution in [0.3, 0.4) is 0 Å². The smallest absolute Gasteiger partial charge is 0.110 e. The van der Waals surface area contributed by atoms with Crippen molar-refractivity contribution in [3.63, 3.8) is 0 Å². The molecule has 5 heteroatoms. The Balaban J connectivity index is 1.27. The molecular weight excluding hydrogens is 364 g/mol. The van der Waals surface area contributed by atoms with Gasteiger partial charge in [0, 0.05) is 22.2 Å². The Morgan fingerprint density at radius 1 is 1.11 bits per heavy atom. The number of nitrogens with zero attached hydrogens (tertiary/aromatic N) is 2. The first-order valence-corrected chi connectivity index (χ1v) is 10.9. The Labute approximate surface area is 169 Å². The van der Waals surface area contributed by atoms with Crippen molar-refractivity contribution in [2.75, 3.05) is 26.7 Å². The van der Waals surface area contributed by atoms with Crippen molar-refractivity contribution in [2.24, 2.45) is 5.92 Å². The first-order valence-electron chi connectivity index (χ1n) is 10.1. The number of aromatic nitrogens is 2. The summed E-state index contributed by atoms with van der Waals surface area (Å²) < 4.78 is 2.55. The van der Waals surface area contributed by atoms with Crippen LogP contribution in [0.1, 0.15) is 18.4 Å². The van der Waals surface area contributed by atoms with Crippen LogP contribution in [0.15, 0.2) is 48.5 Å². The van der Waals surface area contributed by atoms with Crippen LogP contribution in [0.4, 0.5) is 0 Å². The molecule has 2 aromatic carbocycles. The SMILES string of the molecule is CN1CCC(CNCc2ccc(-c3n[nH]c4c3sc3ccccc34)cc2)CC1. The molecule has 4 aromatic rings. The number of fused-ring (bicyclic) bond motifs is 3. The molecule has 0 spiro atoms. The standard InChI is InChI=1S/C23H26N4S/c1-27-12-10-17(11-13-27)15-24-14-16-6-8-18(9-7-16)21-23-22(26-25-21)19-4-2-3-5-20(19)28-23/h2-9,17,24H,10-15H2,1H3,(H,25,26). The summed E-state index contributed by atoms with van der Waals surface area (Å²) in [5, 5.41) is 12.8. The maximum absolute atomic E-state index is 4.60. The topological polar surface area (TPSA) is 44.0 Å². The van der Waals surface area contributed by atoms with E-state index in [1.54, 1.807) is 0 Å². The molecule has 2 aromatic heterocycles. The summed E-state index contributed by atoms with van der Waals surface area (Å²) >= 11 is 1.81. The molecule has 0 unspecified atom stereocenters. The summed E-state index contributed by atoms with van der Waals surface area (Å²) in [5.41, 5.74) is 4.72. The van der Waals surface area contributed by atoms with E-state index in [1.807, 2.05) is 11.3 Å². The fourth-order valence-electron chi connectivity index (χ4n) is 4.15. The van der Waals surface area contributed by atoms with Crippen molar-refractivity contribution >= 4 is 31.6 Å². The van der Waals surface area contributed by atoms with Crippen LogP contribution in [-0.2, 0) is 6.54 Å². The molecule has 2 N–H and O–H groups in total. The molecule has 0 aliphatic carbocycles. The van der Waals surface area contributed by atoms with Gasteiger partial charge in [-0.15, -0.1) is 11.3 Å². The highest BCUT2D eigenvalue weighted by Gasteiger charge is 2.16. The second kappa shape index (κ2) is 7.66. The number of benzene rings is 2. The number of rotatable bonds is 5. The van der Waals surface area contributed by atoms with E-state index >= 15 is 0 Å². The summed E-state index contributed by atoms with van der Waals surface area (Å²) in [4.78, 5) is 2.43. The zero-order valence-electron chi connectivity index (χ0n) is 16.2. The molecular formula is C23H26N4S. The molecule has 0 atom stereocenters. The molecule has 144 valence electrons. The van der Waals surface area contributed by atoms with E-state index < -0.39 is 0 Å². The molecule has 1 aliphatic rings. The van der Waals surface area contributed by atoms with Gasteiger partial charge in [-0.25, -0.2) is 0 Å². The first-order chi connectivity index (χ1) is 13.8. The molecule has 1 fully saturated rings. The third-order valence-electron chi connectivity index (χ3n) is 5.92. The summed E-state index contributed by atoms with van der Waals surface area (Å²) in [6.45, 7) is 4.52. The third kappa shape index (κ3) is 3.46. The lowest BCUT2D eigenvalue weighted by molar-refractivity contribution is 0.216. The van der Waals surface area contributed by atoms with Gasteiger partial charge in [-0.3, -0.25) is 5.10 Å². The number of aromatic amines is 1. The Bertz CT molecular complexity index is 1070. The van der Waals surface area contributed by atoms with Crippen LogP contribution in [-0.4, -0.2) is 41.8 Å². The van der Waals surface area contributed by atoms with Crippen molar-refractivity contribution in [3.05, 3.63) is 54.1 Å². The Hall–Kier alpha value is -2.21. The van der Waals surface area contributed by atoms with E-state index in [0.29, 0.717) is 0 Å². The summed E-state index contributed by atoms with van der Waals surface area (Å²) in [5.74, 6) is 0.820. The zero-order chi connectivity index (χ0) is 18.9. The van der Waals surface area contributed by atoms with Crippen LogP contribution in [0.5, 0.6) is 0 Å². The third-order valence-corrected chi connectivity index (χ3v) is 7.10. The van der Waals surface area contributed by atoms with E-state index in [2.05, 4.69) is 76.0 Å². The Morgan fingerprint density at radius 2 is 1.89 bits per heavy atom. The van der Waals surface area contributed by atoms with Crippen molar-refractivity contribution in [1.82, 2.24) is 20.4 Å². The molecule has 1 saturated heterocycles. The fraction of sp³-hybridized carbons (Fsp3) is 0.348. The van der Waals surface area contributed by atoms with E-state index in [0.717, 1.165) is 30.2 Å². The lowest BCUT2D eigenvalue weighted by Gasteiger charge is -2.29. The highest BCUT2D eigenvalue weighted by Crippen LogP contribution is 2.38. The lowest BCUT2D eigenvalue weighted by Crippen LogP contribution is -2.34. The second-order valence-corrected chi connectivity index (χ2v) is 9.00. The minimum absolute atomic E-state index is 0.820. The summed E-state index contributed by atoms with van der Waals surface area (Å²) in [6, 6.07) is 17.4. The number of H-pyrrole nitrogens is 1. The van der Waals surface area contributed by atoms with Gasteiger partial charge in [0.15, 0.2) is 0 Å². The van der Waals surface area contributed by atoms with Crippen LogP contribution >= 0.6 is 11.3 Å². The van der Waals surface area contributed by atoms with Crippen molar-refractivity contribution < 1.29 is 0 Å². The van der Waals surface area contributed by atoms with Gasteiger partial charge in [-0.2, -0.15) is 5.10 Å². The molecule has 5 rings (SSSR count). The van der Waals surface area contributed by atoms with Gasteiger partial charge in [0.25, 0.3) is 0 Å². The molecule has 0 amide bonds. The molecule has 0 bridgehead atoms. The predicted molar refractivity (Wildman–Crippen MR) is 119 cm³/mol. The maximum atomic E-state index is 4.60. The zero-order valence-corrected chi connectivity index (χ0v) is 17.1. The fourth-order valence-corrected chi connectivity index (χ4v) is 5.31. The van der Waals surface area contributed by atoms with Gasteiger partial charge in [0.2, 0.25) is 0 Å². The number of hydrogen-bond donors (Lipinski definition) is 2. The number of piperidine rings is 1. The Morgan fingerprint density at radius 3 is 2.71 bits per heavy atom. The van der Waals surface area contributed by atoms with Crippen LogP contribution < -0.4 is 5.32 Å². The molecule has 0 radical (unpaired) electrons. The van der Waals surface area contributed by atoms with E-state index in [9.17, 15) is 0 Å². The minimum atomic E-state index is 0.820. The number of likely N-dealkylation sites (tertiary alicyclic amines) is 1. The highest BCUT2D eigenvalue weighted by atomic mass is 32.1. The van der Waals surface area contributed by atoms with Gasteiger partial charge >= 0.3 is 0 Å². The van der Waals surface area contributed by atoms with Gasteiger partial charge in [0.05, 0.1) is 10.2 Å². The van der Waals surface area contributed by atoms with Gasteiger partial charge in [0.1, 0.15) is 5.69 Å². The number of nitrogens with one attached hydrogen (secondary N) is 2. The molecule has 28 heavy (non-hydrogen) atoms. The van der Waals surface area contributed by atoms with E-state index in [4.69, 9.17) is 0 Å². The van der Waals surface area contributed by atoms with Crippen LogP contribution in [0.25, 0.3) is 31.6 Å². The minimum Gasteiger partial charge on any atom is -0.312 e. The first kappa shape index (κ1) is 17.9. The number of thiophene rings is 1. The number of hydrogen-bond acceptors (Lipinski definition) is 4. The van der Waals surface area contributed by atoms with Gasteiger partial charge in [-0.1, -0.05) is 42.5 Å². The second-order valence-electron chi connectivity index (χ2n) is 7.95. The van der Waals surface area contributed by atoms with Crippen molar-refractivity contribution in [1.29, 1.82) is 0 Å². The monoisotopic (exact) mass is 390 g/mol. The Kier molecular flexibility index (Phi) is 4.89. The van der Waals surface area contributed by atoms with E-state index in [-0.39, 0.29) is 0 Å². The lowest BCUT2D eigenvalue weighted by atomic mass is 9.97.